The van der Waals surface area contributed by atoms with Gasteiger partial charge in [-0.3, -0.25) is 4.79 Å². The third-order valence-electron chi connectivity index (χ3n) is 3.40. The van der Waals surface area contributed by atoms with Crippen LogP contribution in [0.15, 0.2) is 42.6 Å². The summed E-state index contributed by atoms with van der Waals surface area (Å²) < 4.78 is 1.88. The number of aromatic nitrogens is 3. The van der Waals surface area contributed by atoms with Crippen molar-refractivity contribution in [2.45, 2.75) is 19.9 Å². The molecule has 0 aliphatic carbocycles. The minimum atomic E-state index is -0.258. The minimum absolute atomic E-state index is 0.0537. The van der Waals surface area contributed by atoms with Crippen LogP contribution in [0.25, 0.3) is 11.0 Å². The Morgan fingerprint density at radius 3 is 2.86 bits per heavy atom. The van der Waals surface area contributed by atoms with Crippen LogP contribution in [0.4, 0.5) is 5.82 Å². The average molecular weight is 296 g/mol. The molecular formula is C16H16N4O2. The molecule has 3 aromatic rings. The summed E-state index contributed by atoms with van der Waals surface area (Å²) in [4.78, 5) is 20.7. The van der Waals surface area contributed by atoms with Crippen LogP contribution >= 0.6 is 0 Å². The van der Waals surface area contributed by atoms with Gasteiger partial charge in [0.25, 0.3) is 0 Å². The number of hydrogen-bond donors (Lipinski definition) is 2. The first-order valence-corrected chi connectivity index (χ1v) is 7.07. The Labute approximate surface area is 127 Å². The standard InChI is InChI=1S/C16H16N4O2/c1-2-14-18-11-6-3-4-7-12(11)20(14)10-15(22)19-16-13(21)8-5-9-17-16/h3-9,21H,2,10H2,1H3,(H,17,19,22). The summed E-state index contributed by atoms with van der Waals surface area (Å²) in [6, 6.07) is 10.8. The second-order valence-corrected chi connectivity index (χ2v) is 4.88. The van der Waals surface area contributed by atoms with Crippen molar-refractivity contribution in [1.82, 2.24) is 14.5 Å². The number of imidazole rings is 1. The Morgan fingerprint density at radius 1 is 1.27 bits per heavy atom. The van der Waals surface area contributed by atoms with E-state index in [4.69, 9.17) is 0 Å². The van der Waals surface area contributed by atoms with E-state index in [9.17, 15) is 9.90 Å². The number of nitrogens with one attached hydrogen (secondary N) is 1. The van der Waals surface area contributed by atoms with Crippen LogP contribution in [0.1, 0.15) is 12.7 Å². The van der Waals surface area contributed by atoms with E-state index in [2.05, 4.69) is 15.3 Å². The van der Waals surface area contributed by atoms with Gasteiger partial charge in [0.15, 0.2) is 11.6 Å². The number of rotatable bonds is 4. The minimum Gasteiger partial charge on any atom is -0.504 e. The van der Waals surface area contributed by atoms with E-state index in [1.807, 2.05) is 35.8 Å². The van der Waals surface area contributed by atoms with E-state index in [-0.39, 0.29) is 24.0 Å². The number of carbonyl (C=O) groups excluding carboxylic acids is 1. The quantitative estimate of drug-likeness (QED) is 0.774. The number of fused-ring (bicyclic) bond motifs is 1. The largest absolute Gasteiger partial charge is 0.504 e. The molecule has 112 valence electrons. The highest BCUT2D eigenvalue weighted by molar-refractivity contribution is 5.92. The highest BCUT2D eigenvalue weighted by Crippen LogP contribution is 2.19. The SMILES string of the molecule is CCc1nc2ccccc2n1CC(=O)Nc1ncccc1O. The van der Waals surface area contributed by atoms with Gasteiger partial charge in [0.1, 0.15) is 12.4 Å². The molecule has 0 saturated heterocycles. The van der Waals surface area contributed by atoms with Crippen molar-refractivity contribution in [2.75, 3.05) is 5.32 Å². The Kier molecular flexibility index (Phi) is 3.74. The molecule has 0 spiro atoms. The van der Waals surface area contributed by atoms with Gasteiger partial charge in [-0.1, -0.05) is 19.1 Å². The predicted molar refractivity (Wildman–Crippen MR) is 83.6 cm³/mol. The van der Waals surface area contributed by atoms with E-state index in [0.29, 0.717) is 0 Å². The Bertz CT molecular complexity index is 826. The Morgan fingerprint density at radius 2 is 2.09 bits per heavy atom. The van der Waals surface area contributed by atoms with E-state index >= 15 is 0 Å². The van der Waals surface area contributed by atoms with Crippen molar-refractivity contribution in [3.05, 3.63) is 48.4 Å². The van der Waals surface area contributed by atoms with Gasteiger partial charge in [0.2, 0.25) is 5.91 Å². The van der Waals surface area contributed by atoms with Gasteiger partial charge in [0, 0.05) is 12.6 Å². The van der Waals surface area contributed by atoms with Crippen molar-refractivity contribution >= 4 is 22.8 Å². The number of para-hydroxylation sites is 2. The summed E-state index contributed by atoms with van der Waals surface area (Å²) in [5, 5.41) is 12.3. The molecule has 2 heterocycles. The molecule has 6 nitrogen and oxygen atoms in total. The molecule has 0 bridgehead atoms. The zero-order chi connectivity index (χ0) is 15.5. The number of aryl methyl sites for hydroxylation is 1. The summed E-state index contributed by atoms with van der Waals surface area (Å²) in [5.41, 5.74) is 1.78. The molecule has 0 aliphatic heterocycles. The molecule has 2 aromatic heterocycles. The maximum Gasteiger partial charge on any atom is 0.245 e. The topological polar surface area (TPSA) is 80.0 Å². The molecule has 1 aromatic carbocycles. The van der Waals surface area contributed by atoms with Gasteiger partial charge in [0.05, 0.1) is 11.0 Å². The van der Waals surface area contributed by atoms with Crippen molar-refractivity contribution < 1.29 is 9.90 Å². The lowest BCUT2D eigenvalue weighted by Crippen LogP contribution is -2.20. The van der Waals surface area contributed by atoms with Gasteiger partial charge in [-0.25, -0.2) is 9.97 Å². The fourth-order valence-electron chi connectivity index (χ4n) is 2.38. The first-order valence-electron chi connectivity index (χ1n) is 7.07. The molecule has 1 amide bonds. The molecule has 0 radical (unpaired) electrons. The van der Waals surface area contributed by atoms with Crippen LogP contribution in [0, 0.1) is 0 Å². The lowest BCUT2D eigenvalue weighted by Gasteiger charge is -2.09. The third-order valence-corrected chi connectivity index (χ3v) is 3.40. The normalized spacial score (nSPS) is 10.8. The summed E-state index contributed by atoms with van der Waals surface area (Å²) in [7, 11) is 0. The predicted octanol–water partition coefficient (Wildman–Crippen LogP) is 2.34. The molecular weight excluding hydrogens is 280 g/mol. The molecule has 0 fully saturated rings. The van der Waals surface area contributed by atoms with Crippen LogP contribution in [-0.4, -0.2) is 25.5 Å². The number of benzene rings is 1. The van der Waals surface area contributed by atoms with Gasteiger partial charge < -0.3 is 15.0 Å². The highest BCUT2D eigenvalue weighted by atomic mass is 16.3. The maximum absolute atomic E-state index is 12.2. The van der Waals surface area contributed by atoms with E-state index in [0.717, 1.165) is 23.3 Å². The summed E-state index contributed by atoms with van der Waals surface area (Å²) in [6.45, 7) is 2.12. The molecule has 0 unspecified atom stereocenters. The second-order valence-electron chi connectivity index (χ2n) is 4.88. The van der Waals surface area contributed by atoms with E-state index < -0.39 is 0 Å². The molecule has 6 heteroatoms. The van der Waals surface area contributed by atoms with Crippen LogP contribution < -0.4 is 5.32 Å². The van der Waals surface area contributed by atoms with E-state index in [1.54, 1.807) is 6.07 Å². The number of hydrogen-bond acceptors (Lipinski definition) is 4. The number of amides is 1. The van der Waals surface area contributed by atoms with Crippen molar-refractivity contribution in [1.29, 1.82) is 0 Å². The van der Waals surface area contributed by atoms with Crippen LogP contribution in [0.2, 0.25) is 0 Å². The summed E-state index contributed by atoms with van der Waals surface area (Å²) >= 11 is 0. The fraction of sp³-hybridized carbons (Fsp3) is 0.188. The summed E-state index contributed by atoms with van der Waals surface area (Å²) in [6.07, 6.45) is 2.25. The zero-order valence-electron chi connectivity index (χ0n) is 12.2. The van der Waals surface area contributed by atoms with Crippen LogP contribution in [-0.2, 0) is 17.8 Å². The van der Waals surface area contributed by atoms with Gasteiger partial charge in [-0.2, -0.15) is 0 Å². The van der Waals surface area contributed by atoms with Gasteiger partial charge >= 0.3 is 0 Å². The lowest BCUT2D eigenvalue weighted by atomic mass is 10.3. The number of anilines is 1. The molecule has 22 heavy (non-hydrogen) atoms. The number of nitrogens with zero attached hydrogens (tertiary/aromatic N) is 3. The average Bonchev–Trinajstić information content (AvgIpc) is 2.87. The van der Waals surface area contributed by atoms with Crippen LogP contribution in [0.5, 0.6) is 5.75 Å². The molecule has 0 aliphatic rings. The molecule has 3 rings (SSSR count). The van der Waals surface area contributed by atoms with Crippen molar-refractivity contribution in [3.63, 3.8) is 0 Å². The molecule has 0 saturated carbocycles. The zero-order valence-corrected chi connectivity index (χ0v) is 12.2. The monoisotopic (exact) mass is 296 g/mol. The molecule has 2 N–H and O–H groups in total. The summed E-state index contributed by atoms with van der Waals surface area (Å²) in [5.74, 6) is 0.700. The number of carbonyl (C=O) groups is 1. The van der Waals surface area contributed by atoms with Crippen molar-refractivity contribution in [2.24, 2.45) is 0 Å². The van der Waals surface area contributed by atoms with E-state index in [1.165, 1.54) is 12.3 Å². The Hall–Kier alpha value is -2.89. The van der Waals surface area contributed by atoms with Gasteiger partial charge in [-0.15, -0.1) is 0 Å². The fourth-order valence-corrected chi connectivity index (χ4v) is 2.38. The smallest absolute Gasteiger partial charge is 0.245 e. The number of aromatic hydroxyl groups is 1. The third kappa shape index (κ3) is 2.63. The second kappa shape index (κ2) is 5.85. The van der Waals surface area contributed by atoms with Crippen molar-refractivity contribution in [3.8, 4) is 5.75 Å². The molecule has 0 atom stereocenters. The highest BCUT2D eigenvalue weighted by Gasteiger charge is 2.13. The van der Waals surface area contributed by atoms with Gasteiger partial charge in [-0.05, 0) is 24.3 Å². The lowest BCUT2D eigenvalue weighted by molar-refractivity contribution is -0.116. The first kappa shape index (κ1) is 14.1. The first-order chi connectivity index (χ1) is 10.7. The maximum atomic E-state index is 12.2. The number of pyridine rings is 1. The van der Waals surface area contributed by atoms with Crippen LogP contribution in [0.3, 0.4) is 0 Å². The Balaban J connectivity index is 1.86.